The van der Waals surface area contributed by atoms with Crippen LogP contribution >= 0.6 is 11.3 Å². The minimum absolute atomic E-state index is 0.970. The van der Waals surface area contributed by atoms with Gasteiger partial charge in [-0.1, -0.05) is 19.1 Å². The first-order valence-electron chi connectivity index (χ1n) is 4.75. The van der Waals surface area contributed by atoms with Gasteiger partial charge in [0.15, 0.2) is 0 Å². The minimum Gasteiger partial charge on any atom is -0.308 e. The third-order valence-corrected chi connectivity index (χ3v) is 2.97. The first-order valence-corrected chi connectivity index (χ1v) is 5.63. The maximum atomic E-state index is 3.39. The van der Waals surface area contributed by atoms with Crippen molar-refractivity contribution in [2.45, 2.75) is 26.8 Å². The van der Waals surface area contributed by atoms with Crippen LogP contribution < -0.4 is 5.32 Å². The number of hydrogen-bond donors (Lipinski definition) is 1. The molecule has 0 unspecified atom stereocenters. The van der Waals surface area contributed by atoms with Gasteiger partial charge < -0.3 is 5.32 Å². The Bertz CT molecular complexity index is 263. The Balaban J connectivity index is 2.35. The standard InChI is InChI=1S/C11H17NS/c1-3-5-7-12-9-11-10(4-2)6-8-13-11/h3,5-6,8,12H,4,7,9H2,1-2H3/b5-3+. The third kappa shape index (κ3) is 3.33. The lowest BCUT2D eigenvalue weighted by molar-refractivity contribution is 0.763. The quantitative estimate of drug-likeness (QED) is 0.562. The van der Waals surface area contributed by atoms with Gasteiger partial charge in [0.25, 0.3) is 0 Å². The first-order chi connectivity index (χ1) is 6.38. The molecule has 0 atom stereocenters. The van der Waals surface area contributed by atoms with Gasteiger partial charge in [0.2, 0.25) is 0 Å². The Morgan fingerprint density at radius 2 is 2.38 bits per heavy atom. The fourth-order valence-corrected chi connectivity index (χ4v) is 2.17. The Morgan fingerprint density at radius 3 is 3.08 bits per heavy atom. The van der Waals surface area contributed by atoms with Crippen LogP contribution in [-0.2, 0) is 13.0 Å². The number of rotatable bonds is 5. The molecule has 1 nitrogen and oxygen atoms in total. The monoisotopic (exact) mass is 195 g/mol. The second kappa shape index (κ2) is 5.95. The number of nitrogens with one attached hydrogen (secondary N) is 1. The molecule has 0 saturated heterocycles. The van der Waals surface area contributed by atoms with Crippen molar-refractivity contribution in [2.24, 2.45) is 0 Å². The van der Waals surface area contributed by atoms with Crippen molar-refractivity contribution in [3.8, 4) is 0 Å². The van der Waals surface area contributed by atoms with E-state index in [1.54, 1.807) is 0 Å². The second-order valence-corrected chi connectivity index (χ2v) is 3.92. The summed E-state index contributed by atoms with van der Waals surface area (Å²) < 4.78 is 0. The first kappa shape index (κ1) is 10.5. The molecule has 0 aliphatic carbocycles. The van der Waals surface area contributed by atoms with Crippen LogP contribution in [0, 0.1) is 0 Å². The molecule has 0 bridgehead atoms. The van der Waals surface area contributed by atoms with Crippen molar-refractivity contribution in [3.63, 3.8) is 0 Å². The molecule has 1 heterocycles. The van der Waals surface area contributed by atoms with Gasteiger partial charge in [-0.05, 0) is 30.4 Å². The zero-order valence-corrected chi connectivity index (χ0v) is 9.16. The maximum Gasteiger partial charge on any atom is 0.0305 e. The van der Waals surface area contributed by atoms with Crippen LogP contribution in [0.15, 0.2) is 23.6 Å². The van der Waals surface area contributed by atoms with Crippen LogP contribution in [0.2, 0.25) is 0 Å². The number of aryl methyl sites for hydroxylation is 1. The van der Waals surface area contributed by atoms with E-state index >= 15 is 0 Å². The molecule has 13 heavy (non-hydrogen) atoms. The minimum atomic E-state index is 0.970. The fourth-order valence-electron chi connectivity index (χ4n) is 1.22. The Labute approximate surface area is 84.5 Å². The van der Waals surface area contributed by atoms with Crippen LogP contribution in [0.25, 0.3) is 0 Å². The summed E-state index contributed by atoms with van der Waals surface area (Å²) in [6.07, 6.45) is 5.35. The molecule has 1 N–H and O–H groups in total. The van der Waals surface area contributed by atoms with Crippen LogP contribution in [-0.4, -0.2) is 6.54 Å². The molecule has 1 aromatic rings. The molecule has 2 heteroatoms. The fraction of sp³-hybridized carbons (Fsp3) is 0.455. The molecule has 0 aromatic carbocycles. The predicted molar refractivity (Wildman–Crippen MR) is 60.2 cm³/mol. The zero-order valence-electron chi connectivity index (χ0n) is 8.34. The van der Waals surface area contributed by atoms with E-state index < -0.39 is 0 Å². The van der Waals surface area contributed by atoms with Crippen molar-refractivity contribution in [3.05, 3.63) is 34.0 Å². The van der Waals surface area contributed by atoms with E-state index in [4.69, 9.17) is 0 Å². The van der Waals surface area contributed by atoms with Gasteiger partial charge >= 0.3 is 0 Å². The third-order valence-electron chi connectivity index (χ3n) is 2.00. The second-order valence-electron chi connectivity index (χ2n) is 2.92. The normalized spacial score (nSPS) is 11.2. The lowest BCUT2D eigenvalue weighted by Crippen LogP contribution is -2.12. The van der Waals surface area contributed by atoms with Gasteiger partial charge in [0.1, 0.15) is 0 Å². The number of thiophene rings is 1. The molecular formula is C11H17NS. The summed E-state index contributed by atoms with van der Waals surface area (Å²) >= 11 is 1.85. The molecule has 0 aliphatic heterocycles. The lowest BCUT2D eigenvalue weighted by atomic mass is 10.2. The molecule has 0 aliphatic rings. The molecule has 0 spiro atoms. The molecule has 1 aromatic heterocycles. The molecule has 1 rings (SSSR count). The van der Waals surface area contributed by atoms with Crippen molar-refractivity contribution < 1.29 is 0 Å². The highest BCUT2D eigenvalue weighted by Crippen LogP contribution is 2.16. The van der Waals surface area contributed by atoms with Gasteiger partial charge in [0.05, 0.1) is 0 Å². The molecule has 0 fully saturated rings. The highest BCUT2D eigenvalue weighted by Gasteiger charge is 1.99. The van der Waals surface area contributed by atoms with Gasteiger partial charge in [-0.15, -0.1) is 11.3 Å². The predicted octanol–water partition coefficient (Wildman–Crippen LogP) is 2.98. The van der Waals surface area contributed by atoms with E-state index in [2.05, 4.69) is 35.8 Å². The number of allylic oxidation sites excluding steroid dienone is 1. The maximum absolute atomic E-state index is 3.39. The highest BCUT2D eigenvalue weighted by molar-refractivity contribution is 7.10. The Kier molecular flexibility index (Phi) is 4.79. The summed E-state index contributed by atoms with van der Waals surface area (Å²) in [5.74, 6) is 0. The summed E-state index contributed by atoms with van der Waals surface area (Å²) in [4.78, 5) is 1.48. The largest absolute Gasteiger partial charge is 0.308 e. The average Bonchev–Trinajstić information content (AvgIpc) is 2.60. The Morgan fingerprint density at radius 1 is 1.54 bits per heavy atom. The van der Waals surface area contributed by atoms with E-state index in [0.717, 1.165) is 19.5 Å². The topological polar surface area (TPSA) is 12.0 Å². The van der Waals surface area contributed by atoms with Gasteiger partial charge in [-0.3, -0.25) is 0 Å². The van der Waals surface area contributed by atoms with Crippen LogP contribution in [0.3, 0.4) is 0 Å². The molecule has 72 valence electrons. The zero-order chi connectivity index (χ0) is 9.52. The van der Waals surface area contributed by atoms with Crippen molar-refractivity contribution >= 4 is 11.3 Å². The van der Waals surface area contributed by atoms with E-state index in [1.807, 2.05) is 18.3 Å². The van der Waals surface area contributed by atoms with Crippen molar-refractivity contribution in [1.29, 1.82) is 0 Å². The molecule has 0 amide bonds. The van der Waals surface area contributed by atoms with E-state index in [0.29, 0.717) is 0 Å². The molecule has 0 saturated carbocycles. The molecular weight excluding hydrogens is 178 g/mol. The lowest BCUT2D eigenvalue weighted by Gasteiger charge is -2.01. The van der Waals surface area contributed by atoms with Crippen molar-refractivity contribution in [2.75, 3.05) is 6.54 Å². The van der Waals surface area contributed by atoms with E-state index in [1.165, 1.54) is 10.4 Å². The summed E-state index contributed by atoms with van der Waals surface area (Å²) in [6, 6.07) is 2.22. The van der Waals surface area contributed by atoms with Gasteiger partial charge in [0, 0.05) is 18.0 Å². The van der Waals surface area contributed by atoms with E-state index in [-0.39, 0.29) is 0 Å². The van der Waals surface area contributed by atoms with E-state index in [9.17, 15) is 0 Å². The average molecular weight is 195 g/mol. The smallest absolute Gasteiger partial charge is 0.0305 e. The number of hydrogen-bond acceptors (Lipinski definition) is 2. The SMILES string of the molecule is C/C=C/CNCc1sccc1CC. The highest BCUT2D eigenvalue weighted by atomic mass is 32.1. The Hall–Kier alpha value is -0.600. The van der Waals surface area contributed by atoms with Crippen LogP contribution in [0.4, 0.5) is 0 Å². The summed E-state index contributed by atoms with van der Waals surface area (Å²) in [6.45, 7) is 6.23. The summed E-state index contributed by atoms with van der Waals surface area (Å²) in [5.41, 5.74) is 1.48. The summed E-state index contributed by atoms with van der Waals surface area (Å²) in [7, 11) is 0. The van der Waals surface area contributed by atoms with Gasteiger partial charge in [-0.25, -0.2) is 0 Å². The summed E-state index contributed by atoms with van der Waals surface area (Å²) in [5, 5.41) is 5.56. The van der Waals surface area contributed by atoms with Crippen LogP contribution in [0.1, 0.15) is 24.3 Å². The van der Waals surface area contributed by atoms with Crippen LogP contribution in [0.5, 0.6) is 0 Å². The molecule has 0 radical (unpaired) electrons. The van der Waals surface area contributed by atoms with Crippen molar-refractivity contribution in [1.82, 2.24) is 5.32 Å². The van der Waals surface area contributed by atoms with Gasteiger partial charge in [-0.2, -0.15) is 0 Å².